The molecule has 0 bridgehead atoms. The number of rotatable bonds is 5. The van der Waals surface area contributed by atoms with Crippen molar-refractivity contribution in [3.8, 4) is 0 Å². The highest BCUT2D eigenvalue weighted by atomic mass is 28.4. The Bertz CT molecular complexity index is 357. The summed E-state index contributed by atoms with van der Waals surface area (Å²) >= 11 is 0. The highest BCUT2D eigenvalue weighted by Crippen LogP contribution is 2.36. The van der Waals surface area contributed by atoms with E-state index in [1.54, 1.807) is 0 Å². The zero-order chi connectivity index (χ0) is 13.8. The molecule has 1 aromatic rings. The van der Waals surface area contributed by atoms with Gasteiger partial charge in [-0.2, -0.15) is 0 Å². The molecule has 0 saturated carbocycles. The fourth-order valence-electron chi connectivity index (χ4n) is 1.44. The summed E-state index contributed by atoms with van der Waals surface area (Å²) in [6.07, 6.45) is 1.03. The molecule has 0 spiro atoms. The first kappa shape index (κ1) is 15.4. The third kappa shape index (κ3) is 3.94. The average molecular weight is 265 g/mol. The van der Waals surface area contributed by atoms with Crippen LogP contribution in [0.15, 0.2) is 30.3 Å². The van der Waals surface area contributed by atoms with Crippen LogP contribution in [-0.2, 0) is 4.53 Å². The van der Waals surface area contributed by atoms with Crippen molar-refractivity contribution in [1.82, 2.24) is 5.48 Å². The zero-order valence-corrected chi connectivity index (χ0v) is 13.6. The van der Waals surface area contributed by atoms with Gasteiger partial charge in [-0.15, -0.1) is 0 Å². The molecule has 1 atom stereocenters. The lowest BCUT2D eigenvalue weighted by atomic mass is 10.1. The number of hydrogen-bond donors (Lipinski definition) is 1. The third-order valence-corrected chi connectivity index (χ3v) is 8.11. The molecule has 0 saturated heterocycles. The summed E-state index contributed by atoms with van der Waals surface area (Å²) in [5, 5.41) is 0.231. The Morgan fingerprint density at radius 2 is 1.72 bits per heavy atom. The minimum Gasteiger partial charge on any atom is -0.345 e. The molecule has 1 aromatic carbocycles. The molecule has 2 nitrogen and oxygen atoms in total. The van der Waals surface area contributed by atoms with E-state index in [0.717, 1.165) is 6.42 Å². The molecule has 102 valence electrons. The van der Waals surface area contributed by atoms with E-state index < -0.39 is 8.32 Å². The Hall–Kier alpha value is -0.643. The summed E-state index contributed by atoms with van der Waals surface area (Å²) < 4.78 is 6.09. The molecule has 0 fully saturated rings. The van der Waals surface area contributed by atoms with Gasteiger partial charge in [-0.1, -0.05) is 58.0 Å². The van der Waals surface area contributed by atoms with Gasteiger partial charge in [0.05, 0.1) is 6.04 Å². The molecule has 0 radical (unpaired) electrons. The highest BCUT2D eigenvalue weighted by Gasteiger charge is 2.38. The van der Waals surface area contributed by atoms with Gasteiger partial charge >= 0.3 is 0 Å². The van der Waals surface area contributed by atoms with Crippen LogP contribution >= 0.6 is 0 Å². The number of hydrogen-bond acceptors (Lipinski definition) is 2. The standard InChI is InChI=1S/C15H27NOSi/c1-7-14(13-11-9-8-10-12-13)16-17-18(5,6)15(2,3)4/h8-12,14,16H,7H2,1-6H3/t14-/m1/s1. The summed E-state index contributed by atoms with van der Waals surface area (Å²) in [4.78, 5) is 0. The minimum absolute atomic E-state index is 0.231. The highest BCUT2D eigenvalue weighted by molar-refractivity contribution is 6.74. The maximum absolute atomic E-state index is 6.09. The summed E-state index contributed by atoms with van der Waals surface area (Å²) in [5.74, 6) is 0. The van der Waals surface area contributed by atoms with E-state index in [1.165, 1.54) is 5.56 Å². The number of hydroxylamine groups is 1. The molecule has 1 N–H and O–H groups in total. The van der Waals surface area contributed by atoms with Crippen molar-refractivity contribution in [2.75, 3.05) is 0 Å². The Morgan fingerprint density at radius 1 is 1.17 bits per heavy atom. The first-order chi connectivity index (χ1) is 8.28. The molecule has 0 heterocycles. The molecule has 0 amide bonds. The Balaban J connectivity index is 2.67. The van der Waals surface area contributed by atoms with E-state index >= 15 is 0 Å². The van der Waals surface area contributed by atoms with Gasteiger partial charge in [-0.3, -0.25) is 0 Å². The summed E-state index contributed by atoms with van der Waals surface area (Å²) in [6, 6.07) is 10.8. The summed E-state index contributed by atoms with van der Waals surface area (Å²) in [6.45, 7) is 13.5. The van der Waals surface area contributed by atoms with E-state index in [0.29, 0.717) is 0 Å². The van der Waals surface area contributed by atoms with Crippen LogP contribution in [0.5, 0.6) is 0 Å². The summed E-state index contributed by atoms with van der Waals surface area (Å²) in [5.41, 5.74) is 4.58. The van der Waals surface area contributed by atoms with Gasteiger partial charge in [0.1, 0.15) is 0 Å². The maximum Gasteiger partial charge on any atom is 0.219 e. The van der Waals surface area contributed by atoms with Crippen molar-refractivity contribution in [3.05, 3.63) is 35.9 Å². The molecule has 0 aliphatic heterocycles. The van der Waals surface area contributed by atoms with E-state index in [9.17, 15) is 0 Å². The van der Waals surface area contributed by atoms with Crippen LogP contribution in [0.4, 0.5) is 0 Å². The molecule has 0 aliphatic rings. The van der Waals surface area contributed by atoms with Crippen molar-refractivity contribution in [3.63, 3.8) is 0 Å². The lowest BCUT2D eigenvalue weighted by Crippen LogP contribution is -2.45. The monoisotopic (exact) mass is 265 g/mol. The van der Waals surface area contributed by atoms with Crippen LogP contribution < -0.4 is 5.48 Å². The number of nitrogens with one attached hydrogen (secondary N) is 1. The second kappa shape index (κ2) is 6.00. The SMILES string of the molecule is CC[C@@H](NO[Si](C)(C)C(C)(C)C)c1ccccc1. The molecular weight excluding hydrogens is 238 g/mol. The fraction of sp³-hybridized carbons (Fsp3) is 0.600. The second-order valence-electron chi connectivity index (χ2n) is 6.35. The predicted octanol–water partition coefficient (Wildman–Crippen LogP) is 4.66. The molecule has 0 aliphatic carbocycles. The van der Waals surface area contributed by atoms with Crippen molar-refractivity contribution in [2.24, 2.45) is 0 Å². The first-order valence-electron chi connectivity index (χ1n) is 6.76. The molecule has 1 rings (SSSR count). The Morgan fingerprint density at radius 3 is 2.17 bits per heavy atom. The van der Waals surface area contributed by atoms with Crippen molar-refractivity contribution < 1.29 is 4.53 Å². The van der Waals surface area contributed by atoms with Gasteiger partial charge in [0.2, 0.25) is 8.32 Å². The largest absolute Gasteiger partial charge is 0.345 e. The lowest BCUT2D eigenvalue weighted by Gasteiger charge is -2.36. The van der Waals surface area contributed by atoms with Gasteiger partial charge in [0.15, 0.2) is 0 Å². The van der Waals surface area contributed by atoms with Gasteiger partial charge in [0.25, 0.3) is 0 Å². The van der Waals surface area contributed by atoms with Crippen LogP contribution in [0.1, 0.15) is 45.7 Å². The third-order valence-electron chi connectivity index (χ3n) is 3.87. The normalized spacial score (nSPS) is 14.6. The van der Waals surface area contributed by atoms with Crippen LogP contribution in [0.25, 0.3) is 0 Å². The molecule has 0 unspecified atom stereocenters. The summed E-state index contributed by atoms with van der Waals surface area (Å²) in [7, 11) is -1.73. The Kier molecular flexibility index (Phi) is 5.14. The van der Waals surface area contributed by atoms with Crippen molar-refractivity contribution in [1.29, 1.82) is 0 Å². The Labute approximate surface area is 113 Å². The molecular formula is C15H27NOSi. The van der Waals surface area contributed by atoms with Crippen molar-refractivity contribution in [2.45, 2.75) is 58.3 Å². The van der Waals surface area contributed by atoms with Gasteiger partial charge in [0, 0.05) is 0 Å². The average Bonchev–Trinajstić information content (AvgIpc) is 2.29. The van der Waals surface area contributed by atoms with Crippen molar-refractivity contribution >= 4 is 8.32 Å². The molecule has 0 aromatic heterocycles. The van der Waals surface area contributed by atoms with E-state index in [1.807, 2.05) is 6.07 Å². The van der Waals surface area contributed by atoms with E-state index in [-0.39, 0.29) is 11.1 Å². The minimum atomic E-state index is -1.73. The molecule has 18 heavy (non-hydrogen) atoms. The van der Waals surface area contributed by atoms with Gasteiger partial charge < -0.3 is 4.53 Å². The van der Waals surface area contributed by atoms with Crippen LogP contribution in [0.3, 0.4) is 0 Å². The smallest absolute Gasteiger partial charge is 0.219 e. The van der Waals surface area contributed by atoms with Gasteiger partial charge in [-0.25, -0.2) is 5.48 Å². The van der Waals surface area contributed by atoms with E-state index in [4.69, 9.17) is 4.53 Å². The zero-order valence-electron chi connectivity index (χ0n) is 12.6. The van der Waals surface area contributed by atoms with E-state index in [2.05, 4.69) is 70.5 Å². The van der Waals surface area contributed by atoms with Crippen LogP contribution in [0.2, 0.25) is 18.1 Å². The first-order valence-corrected chi connectivity index (χ1v) is 9.67. The quantitative estimate of drug-likeness (QED) is 0.617. The van der Waals surface area contributed by atoms with Gasteiger partial charge in [-0.05, 0) is 30.1 Å². The van der Waals surface area contributed by atoms with Crippen LogP contribution in [0, 0.1) is 0 Å². The number of benzene rings is 1. The second-order valence-corrected chi connectivity index (χ2v) is 11.1. The topological polar surface area (TPSA) is 21.3 Å². The molecule has 3 heteroatoms. The maximum atomic E-state index is 6.09. The lowest BCUT2D eigenvalue weighted by molar-refractivity contribution is 0.133. The van der Waals surface area contributed by atoms with Crippen LogP contribution in [-0.4, -0.2) is 8.32 Å². The predicted molar refractivity (Wildman–Crippen MR) is 80.9 cm³/mol. The fourth-order valence-corrected chi connectivity index (χ4v) is 2.19.